The Bertz CT molecular complexity index is 836. The van der Waals surface area contributed by atoms with Crippen LogP contribution in [-0.2, 0) is 16.6 Å². The van der Waals surface area contributed by atoms with Crippen molar-refractivity contribution >= 4 is 5.91 Å². The van der Waals surface area contributed by atoms with Gasteiger partial charge < -0.3 is 5.32 Å². The van der Waals surface area contributed by atoms with Gasteiger partial charge in [0.25, 0.3) is 0 Å². The highest BCUT2D eigenvalue weighted by Crippen LogP contribution is 2.36. The molecule has 0 saturated heterocycles. The Kier molecular flexibility index (Phi) is 6.59. The van der Waals surface area contributed by atoms with Crippen LogP contribution in [0.2, 0.25) is 0 Å². The van der Waals surface area contributed by atoms with E-state index in [4.69, 9.17) is 0 Å². The second-order valence-corrected chi connectivity index (χ2v) is 6.98. The number of halogens is 1. The van der Waals surface area contributed by atoms with Gasteiger partial charge in [0.05, 0.1) is 5.41 Å². The lowest BCUT2D eigenvalue weighted by molar-refractivity contribution is -0.125. The largest absolute Gasteiger partial charge is 0.355 e. The molecule has 0 saturated carbocycles. The average Bonchev–Trinajstić information content (AvgIpc) is 2.75. The maximum atomic E-state index is 13.4. The van der Waals surface area contributed by atoms with Crippen LogP contribution in [0.3, 0.4) is 0 Å². The average molecular weight is 375 g/mol. The number of aryl methyl sites for hydroxylation is 1. The van der Waals surface area contributed by atoms with Gasteiger partial charge >= 0.3 is 0 Å². The van der Waals surface area contributed by atoms with Gasteiger partial charge in [-0.05, 0) is 48.1 Å². The van der Waals surface area contributed by atoms with Gasteiger partial charge in [0, 0.05) is 6.54 Å². The summed E-state index contributed by atoms with van der Waals surface area (Å²) in [5.41, 5.74) is 2.36. The number of hydrogen-bond donors (Lipinski definition) is 1. The molecule has 0 heterocycles. The Balaban J connectivity index is 1.75. The molecule has 0 aliphatic rings. The Morgan fingerprint density at radius 3 is 1.89 bits per heavy atom. The number of carbonyl (C=O) groups excluding carboxylic acids is 1. The van der Waals surface area contributed by atoms with Crippen molar-refractivity contribution in [3.8, 4) is 0 Å². The quantitative estimate of drug-likeness (QED) is 0.534. The van der Waals surface area contributed by atoms with Gasteiger partial charge in [0.2, 0.25) is 5.91 Å². The third-order valence-corrected chi connectivity index (χ3v) is 5.29. The molecular formula is C25H26FNO. The van der Waals surface area contributed by atoms with Crippen molar-refractivity contribution in [1.29, 1.82) is 0 Å². The standard InChI is InChI=1S/C25H26FNO/c1-2-25(21-11-5-3-6-12-21,22-13-7-4-8-14-22)24(28)27-19-9-10-20-15-17-23(26)18-16-20/h3-8,11-18H,2,9-10,19H2,1H3,(H,27,28). The van der Waals surface area contributed by atoms with Crippen LogP contribution in [0, 0.1) is 5.82 Å². The molecule has 3 aromatic rings. The van der Waals surface area contributed by atoms with Crippen molar-refractivity contribution in [2.24, 2.45) is 0 Å². The normalized spacial score (nSPS) is 11.2. The van der Waals surface area contributed by atoms with Gasteiger partial charge in [-0.3, -0.25) is 4.79 Å². The molecule has 0 fully saturated rings. The van der Waals surface area contributed by atoms with Crippen LogP contribution in [0.15, 0.2) is 84.9 Å². The van der Waals surface area contributed by atoms with Crippen LogP contribution in [-0.4, -0.2) is 12.5 Å². The lowest BCUT2D eigenvalue weighted by atomic mass is 9.71. The summed E-state index contributed by atoms with van der Waals surface area (Å²) in [6, 6.07) is 26.5. The molecule has 1 N–H and O–H groups in total. The number of amides is 1. The molecule has 28 heavy (non-hydrogen) atoms. The molecule has 1 amide bonds. The molecule has 0 bridgehead atoms. The maximum absolute atomic E-state index is 13.4. The summed E-state index contributed by atoms with van der Waals surface area (Å²) in [6.45, 7) is 2.63. The van der Waals surface area contributed by atoms with E-state index in [0.717, 1.165) is 29.5 Å². The first kappa shape index (κ1) is 19.8. The Morgan fingerprint density at radius 2 is 1.39 bits per heavy atom. The molecule has 3 aromatic carbocycles. The van der Waals surface area contributed by atoms with E-state index in [0.29, 0.717) is 13.0 Å². The van der Waals surface area contributed by atoms with Crippen molar-refractivity contribution in [3.05, 3.63) is 107 Å². The van der Waals surface area contributed by atoms with E-state index >= 15 is 0 Å². The van der Waals surface area contributed by atoms with Gasteiger partial charge in [-0.1, -0.05) is 79.7 Å². The highest BCUT2D eigenvalue weighted by molar-refractivity contribution is 5.92. The van der Waals surface area contributed by atoms with E-state index in [9.17, 15) is 9.18 Å². The third kappa shape index (κ3) is 4.30. The zero-order valence-corrected chi connectivity index (χ0v) is 16.2. The van der Waals surface area contributed by atoms with Gasteiger partial charge in [-0.25, -0.2) is 4.39 Å². The monoisotopic (exact) mass is 375 g/mol. The van der Waals surface area contributed by atoms with Gasteiger partial charge in [-0.2, -0.15) is 0 Å². The van der Waals surface area contributed by atoms with Crippen LogP contribution in [0.25, 0.3) is 0 Å². The smallest absolute Gasteiger partial charge is 0.235 e. The van der Waals surface area contributed by atoms with E-state index < -0.39 is 5.41 Å². The number of rotatable bonds is 8. The minimum Gasteiger partial charge on any atom is -0.355 e. The second kappa shape index (κ2) is 9.32. The van der Waals surface area contributed by atoms with Crippen molar-refractivity contribution in [2.45, 2.75) is 31.6 Å². The van der Waals surface area contributed by atoms with Gasteiger partial charge in [0.1, 0.15) is 5.82 Å². The number of carbonyl (C=O) groups is 1. The summed E-state index contributed by atoms with van der Waals surface area (Å²) in [4.78, 5) is 13.4. The summed E-state index contributed by atoms with van der Waals surface area (Å²) >= 11 is 0. The topological polar surface area (TPSA) is 29.1 Å². The molecule has 3 rings (SSSR count). The van der Waals surface area contributed by atoms with Crippen molar-refractivity contribution in [1.82, 2.24) is 5.32 Å². The van der Waals surface area contributed by atoms with Crippen molar-refractivity contribution in [2.75, 3.05) is 6.54 Å². The van der Waals surface area contributed by atoms with E-state index in [1.165, 1.54) is 12.1 Å². The van der Waals surface area contributed by atoms with Crippen molar-refractivity contribution < 1.29 is 9.18 Å². The SMILES string of the molecule is CCC(C(=O)NCCCc1ccc(F)cc1)(c1ccccc1)c1ccccc1. The Hall–Kier alpha value is -2.94. The van der Waals surface area contributed by atoms with Crippen LogP contribution in [0.5, 0.6) is 0 Å². The highest BCUT2D eigenvalue weighted by atomic mass is 19.1. The highest BCUT2D eigenvalue weighted by Gasteiger charge is 2.39. The zero-order valence-electron chi connectivity index (χ0n) is 16.2. The second-order valence-electron chi connectivity index (χ2n) is 6.98. The lowest BCUT2D eigenvalue weighted by Crippen LogP contribution is -2.45. The van der Waals surface area contributed by atoms with Crippen LogP contribution >= 0.6 is 0 Å². The fraction of sp³-hybridized carbons (Fsp3) is 0.240. The third-order valence-electron chi connectivity index (χ3n) is 5.29. The summed E-state index contributed by atoms with van der Waals surface area (Å²) in [5, 5.41) is 3.14. The molecule has 0 radical (unpaired) electrons. The van der Waals surface area contributed by atoms with E-state index in [2.05, 4.69) is 12.2 Å². The van der Waals surface area contributed by atoms with Gasteiger partial charge in [0.15, 0.2) is 0 Å². The fourth-order valence-corrected chi connectivity index (χ4v) is 3.74. The lowest BCUT2D eigenvalue weighted by Gasteiger charge is -2.32. The Labute approximate surface area is 166 Å². The summed E-state index contributed by atoms with van der Waals surface area (Å²) in [7, 11) is 0. The molecule has 3 heteroatoms. The molecule has 0 atom stereocenters. The molecule has 0 aliphatic carbocycles. The summed E-state index contributed by atoms with van der Waals surface area (Å²) in [6.07, 6.45) is 2.28. The molecule has 0 aromatic heterocycles. The maximum Gasteiger partial charge on any atom is 0.235 e. The molecule has 144 valence electrons. The van der Waals surface area contributed by atoms with Crippen LogP contribution in [0.1, 0.15) is 36.5 Å². The van der Waals surface area contributed by atoms with Crippen LogP contribution < -0.4 is 5.32 Å². The molecule has 0 unspecified atom stereocenters. The minimum absolute atomic E-state index is 0.0199. The summed E-state index contributed by atoms with van der Waals surface area (Å²) in [5.74, 6) is -0.206. The fourth-order valence-electron chi connectivity index (χ4n) is 3.74. The predicted octanol–water partition coefficient (Wildman–Crippen LogP) is 5.27. The molecule has 2 nitrogen and oxygen atoms in total. The molecule has 0 spiro atoms. The van der Waals surface area contributed by atoms with E-state index in [1.54, 1.807) is 12.1 Å². The first-order valence-corrected chi connectivity index (χ1v) is 9.80. The first-order chi connectivity index (χ1) is 13.7. The molecule has 0 aliphatic heterocycles. The molecular weight excluding hydrogens is 349 g/mol. The van der Waals surface area contributed by atoms with E-state index in [-0.39, 0.29) is 11.7 Å². The Morgan fingerprint density at radius 1 is 0.857 bits per heavy atom. The van der Waals surface area contributed by atoms with E-state index in [1.807, 2.05) is 60.7 Å². The van der Waals surface area contributed by atoms with Crippen molar-refractivity contribution in [3.63, 3.8) is 0 Å². The summed E-state index contributed by atoms with van der Waals surface area (Å²) < 4.78 is 13.0. The number of benzene rings is 3. The minimum atomic E-state index is -0.710. The number of nitrogens with one attached hydrogen (secondary N) is 1. The first-order valence-electron chi connectivity index (χ1n) is 9.80. The van der Waals surface area contributed by atoms with Gasteiger partial charge in [-0.15, -0.1) is 0 Å². The number of hydrogen-bond acceptors (Lipinski definition) is 1. The zero-order chi connectivity index (χ0) is 19.8. The predicted molar refractivity (Wildman–Crippen MR) is 112 cm³/mol. The van der Waals surface area contributed by atoms with Crippen LogP contribution in [0.4, 0.5) is 4.39 Å².